The van der Waals surface area contributed by atoms with E-state index in [0.29, 0.717) is 5.41 Å². The van der Waals surface area contributed by atoms with Gasteiger partial charge in [-0.15, -0.1) is 0 Å². The van der Waals surface area contributed by atoms with Gasteiger partial charge in [0.1, 0.15) is 5.76 Å². The van der Waals surface area contributed by atoms with E-state index in [2.05, 4.69) is 30.1 Å². The normalized spacial score (nSPS) is 23.7. The van der Waals surface area contributed by atoms with Crippen LogP contribution in [0.3, 0.4) is 0 Å². The second kappa shape index (κ2) is 5.29. The molecule has 0 atom stereocenters. The molecule has 3 heteroatoms. The van der Waals surface area contributed by atoms with E-state index in [1.54, 1.807) is 0 Å². The van der Waals surface area contributed by atoms with Gasteiger partial charge >= 0.3 is 0 Å². The van der Waals surface area contributed by atoms with Gasteiger partial charge in [0.05, 0.1) is 12.8 Å². The summed E-state index contributed by atoms with van der Waals surface area (Å²) in [7, 11) is 0. The Hall–Kier alpha value is -0.800. The predicted molar refractivity (Wildman–Crippen MR) is 76.9 cm³/mol. The largest absolute Gasteiger partial charge is 0.468 e. The Morgan fingerprint density at radius 1 is 1.42 bits per heavy atom. The highest BCUT2D eigenvalue weighted by Crippen LogP contribution is 2.29. The Morgan fingerprint density at radius 3 is 3.00 bits per heavy atom. The lowest BCUT2D eigenvalue weighted by atomic mass is 9.84. The highest BCUT2D eigenvalue weighted by atomic mass is 16.3. The van der Waals surface area contributed by atoms with Crippen molar-refractivity contribution in [2.24, 2.45) is 5.41 Å². The van der Waals surface area contributed by atoms with Crippen LogP contribution >= 0.6 is 0 Å². The van der Waals surface area contributed by atoms with Crippen molar-refractivity contribution in [1.29, 1.82) is 0 Å². The van der Waals surface area contributed by atoms with Gasteiger partial charge in [-0.1, -0.05) is 13.8 Å². The summed E-state index contributed by atoms with van der Waals surface area (Å²) >= 11 is 0. The zero-order valence-electron chi connectivity index (χ0n) is 12.2. The average molecular weight is 262 g/mol. The van der Waals surface area contributed by atoms with E-state index in [0.717, 1.165) is 24.9 Å². The molecule has 2 heterocycles. The highest BCUT2D eigenvalue weighted by Gasteiger charge is 2.27. The molecule has 1 aromatic rings. The van der Waals surface area contributed by atoms with Crippen LogP contribution in [0, 0.1) is 5.41 Å². The fraction of sp³-hybridized carbons (Fsp3) is 0.750. The van der Waals surface area contributed by atoms with E-state index >= 15 is 0 Å². The van der Waals surface area contributed by atoms with Crippen LogP contribution in [0.5, 0.6) is 0 Å². The molecule has 0 aromatic carbocycles. The molecule has 3 nitrogen and oxygen atoms in total. The van der Waals surface area contributed by atoms with Gasteiger partial charge < -0.3 is 9.73 Å². The number of nitrogens with zero attached hydrogens (tertiary/aromatic N) is 1. The van der Waals surface area contributed by atoms with Crippen LogP contribution in [0.25, 0.3) is 0 Å². The SMILES string of the molecule is CC1(C)CCCN(Cc2occc2CNC2CC2)C1. The smallest absolute Gasteiger partial charge is 0.122 e. The molecule has 1 N–H and O–H groups in total. The Labute approximate surface area is 116 Å². The molecule has 2 aliphatic rings. The molecule has 1 saturated heterocycles. The highest BCUT2D eigenvalue weighted by molar-refractivity contribution is 5.17. The van der Waals surface area contributed by atoms with Crippen LogP contribution in [0.2, 0.25) is 0 Å². The number of piperidine rings is 1. The first-order valence-electron chi connectivity index (χ1n) is 7.63. The fourth-order valence-corrected chi connectivity index (χ4v) is 3.09. The van der Waals surface area contributed by atoms with Crippen molar-refractivity contribution in [1.82, 2.24) is 10.2 Å². The summed E-state index contributed by atoms with van der Waals surface area (Å²) in [5, 5.41) is 3.57. The van der Waals surface area contributed by atoms with Crippen LogP contribution in [0.4, 0.5) is 0 Å². The second-order valence-electron chi connectivity index (χ2n) is 7.00. The Balaban J connectivity index is 1.57. The van der Waals surface area contributed by atoms with Crippen LogP contribution in [0.1, 0.15) is 50.9 Å². The first kappa shape index (κ1) is 13.2. The van der Waals surface area contributed by atoms with Crippen molar-refractivity contribution in [2.45, 2.75) is 58.7 Å². The third-order valence-electron chi connectivity index (χ3n) is 4.34. The van der Waals surface area contributed by atoms with Gasteiger partial charge in [-0.3, -0.25) is 4.90 Å². The van der Waals surface area contributed by atoms with Crippen molar-refractivity contribution in [2.75, 3.05) is 13.1 Å². The number of hydrogen-bond donors (Lipinski definition) is 1. The number of rotatable bonds is 5. The van der Waals surface area contributed by atoms with E-state index in [9.17, 15) is 0 Å². The van der Waals surface area contributed by atoms with E-state index in [1.165, 1.54) is 44.3 Å². The van der Waals surface area contributed by atoms with Gasteiger partial charge in [0.25, 0.3) is 0 Å². The van der Waals surface area contributed by atoms with Crippen LogP contribution in [0.15, 0.2) is 16.7 Å². The molecule has 0 bridgehead atoms. The summed E-state index contributed by atoms with van der Waals surface area (Å²) < 4.78 is 5.71. The minimum absolute atomic E-state index is 0.456. The first-order chi connectivity index (χ1) is 9.12. The van der Waals surface area contributed by atoms with Gasteiger partial charge in [0, 0.05) is 24.7 Å². The number of furan rings is 1. The maximum atomic E-state index is 5.71. The molecule has 0 radical (unpaired) electrons. The molecular formula is C16H26N2O. The Morgan fingerprint density at radius 2 is 2.26 bits per heavy atom. The first-order valence-corrected chi connectivity index (χ1v) is 7.63. The standard InChI is InChI=1S/C16H26N2O/c1-16(2)7-3-8-18(12-16)11-15-13(6-9-19-15)10-17-14-4-5-14/h6,9,14,17H,3-5,7-8,10-12H2,1-2H3. The summed E-state index contributed by atoms with van der Waals surface area (Å²) in [6.45, 7) is 9.07. The Kier molecular flexibility index (Phi) is 3.68. The van der Waals surface area contributed by atoms with E-state index < -0.39 is 0 Å². The number of nitrogens with one attached hydrogen (secondary N) is 1. The van der Waals surface area contributed by atoms with Gasteiger partial charge in [0.2, 0.25) is 0 Å². The van der Waals surface area contributed by atoms with E-state index in [-0.39, 0.29) is 0 Å². The maximum Gasteiger partial charge on any atom is 0.122 e. The van der Waals surface area contributed by atoms with Crippen molar-refractivity contribution in [3.8, 4) is 0 Å². The quantitative estimate of drug-likeness (QED) is 0.883. The molecule has 3 rings (SSSR count). The van der Waals surface area contributed by atoms with Crippen LogP contribution < -0.4 is 5.32 Å². The molecule has 1 aliphatic carbocycles. The topological polar surface area (TPSA) is 28.4 Å². The molecule has 0 amide bonds. The van der Waals surface area contributed by atoms with Gasteiger partial charge in [0.15, 0.2) is 0 Å². The molecule has 2 fully saturated rings. The van der Waals surface area contributed by atoms with Crippen molar-refractivity contribution >= 4 is 0 Å². The minimum Gasteiger partial charge on any atom is -0.468 e. The average Bonchev–Trinajstić information content (AvgIpc) is 3.07. The number of hydrogen-bond acceptors (Lipinski definition) is 3. The van der Waals surface area contributed by atoms with E-state index in [4.69, 9.17) is 4.42 Å². The lowest BCUT2D eigenvalue weighted by Gasteiger charge is -2.37. The van der Waals surface area contributed by atoms with Gasteiger partial charge in [-0.25, -0.2) is 0 Å². The third-order valence-corrected chi connectivity index (χ3v) is 4.34. The van der Waals surface area contributed by atoms with Crippen molar-refractivity contribution in [3.05, 3.63) is 23.7 Å². The predicted octanol–water partition coefficient (Wildman–Crippen LogP) is 3.15. The zero-order valence-corrected chi connectivity index (χ0v) is 12.2. The van der Waals surface area contributed by atoms with Crippen molar-refractivity contribution < 1.29 is 4.42 Å². The second-order valence-corrected chi connectivity index (χ2v) is 7.00. The summed E-state index contributed by atoms with van der Waals surface area (Å²) in [5.41, 5.74) is 1.80. The Bertz CT molecular complexity index is 420. The maximum absolute atomic E-state index is 5.71. The fourth-order valence-electron chi connectivity index (χ4n) is 3.09. The lowest BCUT2D eigenvalue weighted by molar-refractivity contribution is 0.104. The molecule has 1 aromatic heterocycles. The summed E-state index contributed by atoms with van der Waals surface area (Å²) in [6, 6.07) is 2.89. The molecule has 19 heavy (non-hydrogen) atoms. The van der Waals surface area contributed by atoms with E-state index in [1.807, 2.05) is 6.26 Å². The van der Waals surface area contributed by atoms with Crippen LogP contribution in [-0.2, 0) is 13.1 Å². The lowest BCUT2D eigenvalue weighted by Crippen LogP contribution is -2.39. The minimum atomic E-state index is 0.456. The molecule has 106 valence electrons. The molecule has 1 saturated carbocycles. The van der Waals surface area contributed by atoms with Crippen LogP contribution in [-0.4, -0.2) is 24.0 Å². The molecule has 0 spiro atoms. The third kappa shape index (κ3) is 3.61. The monoisotopic (exact) mass is 262 g/mol. The number of likely N-dealkylation sites (tertiary alicyclic amines) is 1. The van der Waals surface area contributed by atoms with Gasteiger partial charge in [-0.05, 0) is 43.7 Å². The summed E-state index contributed by atoms with van der Waals surface area (Å²) in [6.07, 6.45) is 7.18. The molecule has 0 unspecified atom stereocenters. The summed E-state index contributed by atoms with van der Waals surface area (Å²) in [4.78, 5) is 2.54. The zero-order chi connectivity index (χ0) is 13.3. The molecular weight excluding hydrogens is 236 g/mol. The van der Waals surface area contributed by atoms with Gasteiger partial charge in [-0.2, -0.15) is 0 Å². The summed E-state index contributed by atoms with van der Waals surface area (Å²) in [5.74, 6) is 1.16. The van der Waals surface area contributed by atoms with Crippen molar-refractivity contribution in [3.63, 3.8) is 0 Å². The molecule has 1 aliphatic heterocycles.